The number of thiophene rings is 1. The Morgan fingerprint density at radius 2 is 2.00 bits per heavy atom. The van der Waals surface area contributed by atoms with Crippen molar-refractivity contribution in [3.63, 3.8) is 0 Å². The summed E-state index contributed by atoms with van der Waals surface area (Å²) in [6, 6.07) is 12.5. The van der Waals surface area contributed by atoms with Crippen LogP contribution in [-0.2, 0) is 12.2 Å². The van der Waals surface area contributed by atoms with Gasteiger partial charge in [0.15, 0.2) is 5.16 Å². The maximum absolute atomic E-state index is 5.71. The van der Waals surface area contributed by atoms with Gasteiger partial charge in [-0.1, -0.05) is 54.4 Å². The Balaban J connectivity index is 1.34. The summed E-state index contributed by atoms with van der Waals surface area (Å²) in [6.07, 6.45) is 7.02. The van der Waals surface area contributed by atoms with Crippen molar-refractivity contribution in [3.05, 3.63) is 58.4 Å². The molecule has 0 N–H and O–H groups in total. The lowest BCUT2D eigenvalue weighted by molar-refractivity contribution is 0.330. The largest absolute Gasteiger partial charge is 0.493 e. The van der Waals surface area contributed by atoms with Crippen molar-refractivity contribution < 1.29 is 9.26 Å². The van der Waals surface area contributed by atoms with E-state index in [4.69, 9.17) is 9.26 Å². The minimum atomic E-state index is 0.461. The predicted octanol–water partition coefficient (Wildman–Crippen LogP) is 6.18. The molecule has 1 aromatic carbocycles. The van der Waals surface area contributed by atoms with Crippen molar-refractivity contribution in [2.75, 3.05) is 6.61 Å². The number of hydrogen-bond donors (Lipinski definition) is 0. The highest BCUT2D eigenvalue weighted by molar-refractivity contribution is 7.98. The van der Waals surface area contributed by atoms with Crippen molar-refractivity contribution in [1.29, 1.82) is 0 Å². The van der Waals surface area contributed by atoms with Gasteiger partial charge in [0.1, 0.15) is 11.6 Å². The van der Waals surface area contributed by atoms with E-state index in [1.54, 1.807) is 23.1 Å². The van der Waals surface area contributed by atoms with Crippen LogP contribution in [0.15, 0.2) is 51.5 Å². The third kappa shape index (κ3) is 5.14. The molecule has 1 aliphatic rings. The molecule has 0 radical (unpaired) electrons. The zero-order valence-corrected chi connectivity index (χ0v) is 20.3. The summed E-state index contributed by atoms with van der Waals surface area (Å²) in [6.45, 7) is 2.55. The Morgan fingerprint density at radius 3 is 2.82 bits per heavy atom. The molecule has 0 spiro atoms. The van der Waals surface area contributed by atoms with Gasteiger partial charge in [0.25, 0.3) is 0 Å². The van der Waals surface area contributed by atoms with Crippen molar-refractivity contribution in [3.8, 4) is 17.1 Å². The van der Waals surface area contributed by atoms with Crippen LogP contribution in [0.25, 0.3) is 11.4 Å². The van der Waals surface area contributed by atoms with Crippen molar-refractivity contribution in [1.82, 2.24) is 24.9 Å². The maximum Gasteiger partial charge on any atom is 0.237 e. The minimum Gasteiger partial charge on any atom is -0.493 e. The summed E-state index contributed by atoms with van der Waals surface area (Å²) in [5, 5.41) is 16.4. The second kappa shape index (κ2) is 10.5. The van der Waals surface area contributed by atoms with Crippen LogP contribution >= 0.6 is 23.1 Å². The number of rotatable bonds is 9. The summed E-state index contributed by atoms with van der Waals surface area (Å²) in [7, 11) is 0. The third-order valence-corrected chi connectivity index (χ3v) is 7.61. The molecule has 1 saturated carbocycles. The Morgan fingerprint density at radius 1 is 1.12 bits per heavy atom. The second-order valence-electron chi connectivity index (χ2n) is 8.05. The molecule has 0 aliphatic heterocycles. The molecular formula is C24H27N5O2S2. The van der Waals surface area contributed by atoms with E-state index in [1.807, 2.05) is 31.2 Å². The van der Waals surface area contributed by atoms with Gasteiger partial charge in [0.05, 0.1) is 17.9 Å². The molecule has 172 valence electrons. The van der Waals surface area contributed by atoms with Gasteiger partial charge >= 0.3 is 0 Å². The highest BCUT2D eigenvalue weighted by Crippen LogP contribution is 2.35. The van der Waals surface area contributed by atoms with Crippen LogP contribution in [0.3, 0.4) is 0 Å². The average molecular weight is 482 g/mol. The van der Waals surface area contributed by atoms with Crippen LogP contribution in [-0.4, -0.2) is 31.5 Å². The first-order valence-electron chi connectivity index (χ1n) is 11.5. The highest BCUT2D eigenvalue weighted by Gasteiger charge is 2.24. The van der Waals surface area contributed by atoms with E-state index in [9.17, 15) is 0 Å². The number of hydrogen-bond acceptors (Lipinski definition) is 8. The summed E-state index contributed by atoms with van der Waals surface area (Å²) < 4.78 is 13.6. The molecule has 0 atom stereocenters. The van der Waals surface area contributed by atoms with Gasteiger partial charge < -0.3 is 13.8 Å². The van der Waals surface area contributed by atoms with Gasteiger partial charge in [-0.05, 0) is 43.3 Å². The second-order valence-corrected chi connectivity index (χ2v) is 10.0. The van der Waals surface area contributed by atoms with E-state index >= 15 is 0 Å². The Kier molecular flexibility index (Phi) is 7.06. The predicted molar refractivity (Wildman–Crippen MR) is 130 cm³/mol. The zero-order chi connectivity index (χ0) is 22.5. The average Bonchev–Trinajstić information content (AvgIpc) is 3.61. The van der Waals surface area contributed by atoms with Gasteiger partial charge in [0.2, 0.25) is 11.7 Å². The van der Waals surface area contributed by atoms with Crippen molar-refractivity contribution >= 4 is 23.1 Å². The first-order valence-corrected chi connectivity index (χ1v) is 13.3. The number of thioether (sulfide) groups is 1. The monoisotopic (exact) mass is 481 g/mol. The lowest BCUT2D eigenvalue weighted by Crippen LogP contribution is -2.16. The first-order chi connectivity index (χ1) is 16.3. The molecule has 5 rings (SSSR count). The van der Waals surface area contributed by atoms with Crippen LogP contribution < -0.4 is 4.74 Å². The van der Waals surface area contributed by atoms with E-state index < -0.39 is 0 Å². The number of ether oxygens (including phenoxy) is 1. The molecule has 9 heteroatoms. The number of nitrogens with zero attached hydrogens (tertiary/aromatic N) is 5. The fraction of sp³-hybridized carbons (Fsp3) is 0.417. The van der Waals surface area contributed by atoms with Crippen LogP contribution in [0, 0.1) is 0 Å². The number of benzene rings is 1. The summed E-state index contributed by atoms with van der Waals surface area (Å²) >= 11 is 3.38. The fourth-order valence-electron chi connectivity index (χ4n) is 4.28. The maximum atomic E-state index is 5.71. The van der Waals surface area contributed by atoms with E-state index in [0.29, 0.717) is 30.1 Å². The fourth-order valence-corrected chi connectivity index (χ4v) is 5.85. The van der Waals surface area contributed by atoms with Gasteiger partial charge in [0, 0.05) is 17.3 Å². The molecule has 3 heterocycles. The zero-order valence-electron chi connectivity index (χ0n) is 18.6. The smallest absolute Gasteiger partial charge is 0.237 e. The molecule has 33 heavy (non-hydrogen) atoms. The van der Waals surface area contributed by atoms with Gasteiger partial charge in [-0.2, -0.15) is 4.98 Å². The van der Waals surface area contributed by atoms with Gasteiger partial charge in [-0.3, -0.25) is 0 Å². The first kappa shape index (κ1) is 22.2. The van der Waals surface area contributed by atoms with Gasteiger partial charge in [-0.15, -0.1) is 21.5 Å². The molecule has 3 aromatic heterocycles. The highest BCUT2D eigenvalue weighted by atomic mass is 32.2. The Bertz CT molecular complexity index is 1170. The summed E-state index contributed by atoms with van der Waals surface area (Å²) in [5.41, 5.74) is 0.836. The Labute approximate surface area is 201 Å². The lowest BCUT2D eigenvalue weighted by atomic mass is 9.95. The molecule has 4 aromatic rings. The van der Waals surface area contributed by atoms with E-state index in [1.165, 1.54) is 37.0 Å². The molecular weight excluding hydrogens is 454 g/mol. The molecule has 1 fully saturated rings. The summed E-state index contributed by atoms with van der Waals surface area (Å²) in [4.78, 5) is 5.92. The van der Waals surface area contributed by atoms with E-state index in [-0.39, 0.29) is 0 Å². The normalized spacial score (nSPS) is 14.6. The molecule has 0 unspecified atom stereocenters. The van der Waals surface area contributed by atoms with Crippen LogP contribution in [0.4, 0.5) is 0 Å². The SMILES string of the molecule is CCOc1ccccc1-c1noc(CSc2nnc(Cc3cccs3)n2C2CCCCC2)n1. The summed E-state index contributed by atoms with van der Waals surface area (Å²) in [5.74, 6) is 3.47. The minimum absolute atomic E-state index is 0.461. The standard InChI is InChI=1S/C24H27N5O2S2/c1-2-30-20-13-7-6-12-19(20)23-25-22(31-28-23)16-33-24-27-26-21(15-18-11-8-14-32-18)29(24)17-9-4-3-5-10-17/h6-8,11-14,17H,2-5,9-10,15-16H2,1H3. The molecule has 1 aliphatic carbocycles. The molecule has 7 nitrogen and oxygen atoms in total. The molecule has 0 bridgehead atoms. The van der Waals surface area contributed by atoms with Crippen LogP contribution in [0.5, 0.6) is 5.75 Å². The van der Waals surface area contributed by atoms with E-state index in [0.717, 1.165) is 28.7 Å². The lowest BCUT2D eigenvalue weighted by Gasteiger charge is -2.25. The molecule has 0 saturated heterocycles. The quantitative estimate of drug-likeness (QED) is 0.264. The number of para-hydroxylation sites is 1. The Hall–Kier alpha value is -2.65. The third-order valence-electron chi connectivity index (χ3n) is 5.81. The van der Waals surface area contributed by atoms with Crippen molar-refractivity contribution in [2.24, 2.45) is 0 Å². The number of aromatic nitrogens is 5. The van der Waals surface area contributed by atoms with Crippen LogP contribution in [0.2, 0.25) is 0 Å². The van der Waals surface area contributed by atoms with E-state index in [2.05, 4.69) is 42.4 Å². The van der Waals surface area contributed by atoms with Crippen LogP contribution in [0.1, 0.15) is 61.7 Å². The van der Waals surface area contributed by atoms with Crippen molar-refractivity contribution in [2.45, 2.75) is 62.4 Å². The topological polar surface area (TPSA) is 78.9 Å². The van der Waals surface area contributed by atoms with Gasteiger partial charge in [-0.25, -0.2) is 0 Å². The molecule has 0 amide bonds.